The van der Waals surface area contributed by atoms with Gasteiger partial charge in [-0.25, -0.2) is 13.2 Å². The van der Waals surface area contributed by atoms with Crippen molar-refractivity contribution in [2.24, 2.45) is 0 Å². The minimum Gasteiger partial charge on any atom is -0.494 e. The lowest BCUT2D eigenvalue weighted by atomic mass is 10.2. The molecule has 0 N–H and O–H groups in total. The normalized spacial score (nSPS) is 10.1. The van der Waals surface area contributed by atoms with Crippen molar-refractivity contribution in [1.29, 1.82) is 0 Å². The summed E-state index contributed by atoms with van der Waals surface area (Å²) in [7, 11) is 1.05. The van der Waals surface area contributed by atoms with Crippen molar-refractivity contribution in [3.05, 3.63) is 29.1 Å². The Hall–Kier alpha value is -1.23. The van der Waals surface area contributed by atoms with Gasteiger partial charge in [-0.2, -0.15) is 0 Å². The zero-order valence-corrected chi connectivity index (χ0v) is 7.66. The van der Waals surface area contributed by atoms with Crippen molar-refractivity contribution in [2.45, 2.75) is 0 Å². The maximum atomic E-state index is 13.1. The van der Waals surface area contributed by atoms with Crippen LogP contribution < -0.4 is 4.74 Å². The van der Waals surface area contributed by atoms with Crippen LogP contribution in [0.25, 0.3) is 0 Å². The number of halogens is 4. The van der Waals surface area contributed by atoms with Crippen molar-refractivity contribution >= 4 is 16.8 Å². The molecule has 0 aromatic heterocycles. The Labute approximate surface area is 82.2 Å². The van der Waals surface area contributed by atoms with Gasteiger partial charge in [0.1, 0.15) is 5.56 Å². The standard InChI is InChI=1S/C8H4ClF3O2/c1-14-4-2-3(10)6(11)5(7(4)12)8(9)13/h2H,1H3. The van der Waals surface area contributed by atoms with E-state index in [9.17, 15) is 18.0 Å². The third-order valence-electron chi connectivity index (χ3n) is 1.54. The minimum absolute atomic E-state index is 0.494. The summed E-state index contributed by atoms with van der Waals surface area (Å²) in [6.07, 6.45) is 0. The Morgan fingerprint density at radius 2 is 1.93 bits per heavy atom. The summed E-state index contributed by atoms with van der Waals surface area (Å²) in [6.45, 7) is 0. The Bertz CT molecular complexity index is 393. The molecule has 1 aromatic rings. The van der Waals surface area contributed by atoms with Crippen LogP contribution in [0, 0.1) is 17.5 Å². The van der Waals surface area contributed by atoms with Gasteiger partial charge in [0.15, 0.2) is 23.2 Å². The van der Waals surface area contributed by atoms with Crippen molar-refractivity contribution in [1.82, 2.24) is 0 Å². The average Bonchev–Trinajstić information content (AvgIpc) is 2.11. The highest BCUT2D eigenvalue weighted by Gasteiger charge is 2.23. The smallest absolute Gasteiger partial charge is 0.258 e. The maximum absolute atomic E-state index is 13.1. The zero-order chi connectivity index (χ0) is 10.9. The fourth-order valence-corrected chi connectivity index (χ4v) is 1.07. The highest BCUT2D eigenvalue weighted by atomic mass is 35.5. The number of hydrogen-bond acceptors (Lipinski definition) is 2. The number of ether oxygens (including phenoxy) is 1. The first-order valence-corrected chi connectivity index (χ1v) is 3.78. The fourth-order valence-electron chi connectivity index (χ4n) is 0.902. The molecule has 6 heteroatoms. The number of rotatable bonds is 2. The van der Waals surface area contributed by atoms with Gasteiger partial charge in [-0.05, 0) is 11.6 Å². The van der Waals surface area contributed by atoms with Crippen LogP contribution in [0.15, 0.2) is 6.07 Å². The molecule has 2 nitrogen and oxygen atoms in total. The Morgan fingerprint density at radius 3 is 2.36 bits per heavy atom. The molecule has 0 aliphatic heterocycles. The van der Waals surface area contributed by atoms with Crippen LogP contribution in [0.3, 0.4) is 0 Å². The van der Waals surface area contributed by atoms with E-state index in [1.54, 1.807) is 0 Å². The molecule has 0 radical (unpaired) electrons. The second-order valence-corrected chi connectivity index (χ2v) is 2.68. The van der Waals surface area contributed by atoms with E-state index in [0.717, 1.165) is 7.11 Å². The van der Waals surface area contributed by atoms with E-state index in [4.69, 9.17) is 11.6 Å². The second kappa shape index (κ2) is 3.88. The molecule has 1 aromatic carbocycles. The van der Waals surface area contributed by atoms with Crippen molar-refractivity contribution in [3.63, 3.8) is 0 Å². The molecule has 76 valence electrons. The first kappa shape index (κ1) is 10.8. The average molecular weight is 225 g/mol. The molecule has 1 rings (SSSR count). The van der Waals surface area contributed by atoms with Gasteiger partial charge in [-0.1, -0.05) is 0 Å². The van der Waals surface area contributed by atoms with E-state index in [1.165, 1.54) is 0 Å². The summed E-state index contributed by atoms with van der Waals surface area (Å²) in [4.78, 5) is 10.6. The van der Waals surface area contributed by atoms with Gasteiger partial charge in [0.05, 0.1) is 7.11 Å². The predicted molar refractivity (Wildman–Crippen MR) is 43.1 cm³/mol. The number of hydrogen-bond donors (Lipinski definition) is 0. The predicted octanol–water partition coefficient (Wildman–Crippen LogP) is 2.49. The van der Waals surface area contributed by atoms with Gasteiger partial charge in [-0.3, -0.25) is 4.79 Å². The van der Waals surface area contributed by atoms with Crippen LogP contribution in [-0.2, 0) is 0 Å². The Morgan fingerprint density at radius 1 is 1.36 bits per heavy atom. The summed E-state index contributed by atoms with van der Waals surface area (Å²) in [5.74, 6) is -4.91. The van der Waals surface area contributed by atoms with Crippen LogP contribution in [0.5, 0.6) is 5.75 Å². The van der Waals surface area contributed by atoms with Crippen LogP contribution in [0.4, 0.5) is 13.2 Å². The molecule has 14 heavy (non-hydrogen) atoms. The Balaban J connectivity index is 3.53. The monoisotopic (exact) mass is 224 g/mol. The summed E-state index contributed by atoms with van der Waals surface area (Å²) in [5.41, 5.74) is -1.15. The van der Waals surface area contributed by atoms with Crippen LogP contribution in [0.2, 0.25) is 0 Å². The lowest BCUT2D eigenvalue weighted by Crippen LogP contribution is -2.04. The zero-order valence-electron chi connectivity index (χ0n) is 6.91. The van der Waals surface area contributed by atoms with E-state index >= 15 is 0 Å². The molecule has 0 bridgehead atoms. The molecule has 0 unspecified atom stereocenters. The third-order valence-corrected chi connectivity index (χ3v) is 1.73. The van der Waals surface area contributed by atoms with Crippen molar-refractivity contribution < 1.29 is 22.7 Å². The molecule has 0 fully saturated rings. The van der Waals surface area contributed by atoms with E-state index in [0.29, 0.717) is 6.07 Å². The van der Waals surface area contributed by atoms with Gasteiger partial charge in [0, 0.05) is 6.07 Å². The molecule has 0 spiro atoms. The highest BCUT2D eigenvalue weighted by molar-refractivity contribution is 6.67. The second-order valence-electron chi connectivity index (χ2n) is 2.34. The van der Waals surface area contributed by atoms with Crippen LogP contribution >= 0.6 is 11.6 Å². The van der Waals surface area contributed by atoms with Gasteiger partial charge in [0.25, 0.3) is 5.24 Å². The Kier molecular flexibility index (Phi) is 3.00. The van der Waals surface area contributed by atoms with Gasteiger partial charge in [0.2, 0.25) is 0 Å². The van der Waals surface area contributed by atoms with Crippen molar-refractivity contribution in [2.75, 3.05) is 7.11 Å². The molecule has 0 saturated heterocycles. The van der Waals surface area contributed by atoms with E-state index in [2.05, 4.69) is 4.74 Å². The number of methoxy groups -OCH3 is 1. The summed E-state index contributed by atoms with van der Waals surface area (Å²) in [5, 5.41) is -1.42. The lowest BCUT2D eigenvalue weighted by molar-refractivity contribution is 0.107. The highest BCUT2D eigenvalue weighted by Crippen LogP contribution is 2.26. The summed E-state index contributed by atoms with van der Waals surface area (Å²) in [6, 6.07) is 0.494. The summed E-state index contributed by atoms with van der Waals surface area (Å²) < 4.78 is 43.1. The molecule has 0 amide bonds. The molecular weight excluding hydrogens is 221 g/mol. The van der Waals surface area contributed by atoms with E-state index in [1.807, 2.05) is 0 Å². The van der Waals surface area contributed by atoms with Crippen molar-refractivity contribution in [3.8, 4) is 5.75 Å². The SMILES string of the molecule is COc1cc(F)c(F)c(C(=O)Cl)c1F. The maximum Gasteiger partial charge on any atom is 0.258 e. The van der Waals surface area contributed by atoms with E-state index < -0.39 is 34.0 Å². The third kappa shape index (κ3) is 1.68. The van der Waals surface area contributed by atoms with Gasteiger partial charge >= 0.3 is 0 Å². The molecule has 0 atom stereocenters. The van der Waals surface area contributed by atoms with Gasteiger partial charge in [-0.15, -0.1) is 0 Å². The summed E-state index contributed by atoms with van der Waals surface area (Å²) >= 11 is 4.87. The van der Waals surface area contributed by atoms with Gasteiger partial charge < -0.3 is 4.74 Å². The molecule has 0 aliphatic carbocycles. The number of benzene rings is 1. The largest absolute Gasteiger partial charge is 0.494 e. The molecule has 0 aliphatic rings. The topological polar surface area (TPSA) is 26.3 Å². The molecule has 0 saturated carbocycles. The minimum atomic E-state index is -1.62. The number of carbonyl (C=O) groups is 1. The van der Waals surface area contributed by atoms with Crippen LogP contribution in [0.1, 0.15) is 10.4 Å². The van der Waals surface area contributed by atoms with Crippen LogP contribution in [-0.4, -0.2) is 12.4 Å². The fraction of sp³-hybridized carbons (Fsp3) is 0.125. The molecule has 0 heterocycles. The van der Waals surface area contributed by atoms with E-state index in [-0.39, 0.29) is 0 Å². The molecular formula is C8H4ClF3O2. The number of carbonyl (C=O) groups excluding carboxylic acids is 1. The lowest BCUT2D eigenvalue weighted by Gasteiger charge is -2.06. The first-order chi connectivity index (χ1) is 6.49. The quantitative estimate of drug-likeness (QED) is 0.570. The first-order valence-electron chi connectivity index (χ1n) is 3.40.